The Bertz CT molecular complexity index is 286. The molecule has 1 saturated carbocycles. The van der Waals surface area contributed by atoms with Crippen LogP contribution in [0.5, 0.6) is 0 Å². The molecule has 4 heteroatoms. The van der Waals surface area contributed by atoms with Gasteiger partial charge in [0.25, 0.3) is 0 Å². The second kappa shape index (κ2) is 6.03. The number of amides is 1. The topological polar surface area (TPSA) is 55.4 Å². The smallest absolute Gasteiger partial charge is 0.306 e. The van der Waals surface area contributed by atoms with Gasteiger partial charge >= 0.3 is 5.97 Å². The van der Waals surface area contributed by atoms with Crippen molar-refractivity contribution in [1.82, 2.24) is 5.32 Å². The van der Waals surface area contributed by atoms with Crippen molar-refractivity contribution in [2.45, 2.75) is 58.9 Å². The second-order valence-electron chi connectivity index (χ2n) is 5.31. The third-order valence-electron chi connectivity index (χ3n) is 3.45. The van der Waals surface area contributed by atoms with E-state index in [2.05, 4.69) is 19.2 Å². The molecule has 17 heavy (non-hydrogen) atoms. The van der Waals surface area contributed by atoms with Gasteiger partial charge in [-0.3, -0.25) is 9.59 Å². The summed E-state index contributed by atoms with van der Waals surface area (Å²) in [4.78, 5) is 22.8. The van der Waals surface area contributed by atoms with Gasteiger partial charge in [0.15, 0.2) is 0 Å². The maximum absolute atomic E-state index is 11.7. The molecule has 1 rings (SSSR count). The summed E-state index contributed by atoms with van der Waals surface area (Å²) in [5, 5.41) is 3.02. The van der Waals surface area contributed by atoms with E-state index in [1.165, 1.54) is 0 Å². The number of esters is 1. The van der Waals surface area contributed by atoms with E-state index in [0.29, 0.717) is 6.61 Å². The minimum Gasteiger partial charge on any atom is -0.466 e. The molecule has 0 aliphatic heterocycles. The van der Waals surface area contributed by atoms with Crippen LogP contribution in [0, 0.1) is 5.41 Å². The van der Waals surface area contributed by atoms with E-state index in [4.69, 9.17) is 4.74 Å². The van der Waals surface area contributed by atoms with Crippen molar-refractivity contribution in [3.05, 3.63) is 0 Å². The summed E-state index contributed by atoms with van der Waals surface area (Å²) in [5.41, 5.74) is 0.180. The average Bonchev–Trinajstić information content (AvgIpc) is 2.56. The van der Waals surface area contributed by atoms with Gasteiger partial charge in [0, 0.05) is 12.5 Å². The van der Waals surface area contributed by atoms with Crippen molar-refractivity contribution in [1.29, 1.82) is 0 Å². The van der Waals surface area contributed by atoms with Crippen molar-refractivity contribution in [3.63, 3.8) is 0 Å². The van der Waals surface area contributed by atoms with Gasteiger partial charge in [0.1, 0.15) is 0 Å². The SMILES string of the molecule is CCOC(=O)CCC(=O)NC1CCCC1(C)C. The Hall–Kier alpha value is -1.06. The minimum atomic E-state index is -0.298. The number of rotatable bonds is 5. The first kappa shape index (κ1) is 14.0. The first-order chi connectivity index (χ1) is 7.95. The van der Waals surface area contributed by atoms with E-state index in [0.717, 1.165) is 19.3 Å². The Morgan fingerprint density at radius 3 is 2.59 bits per heavy atom. The summed E-state index contributed by atoms with van der Waals surface area (Å²) < 4.78 is 4.78. The van der Waals surface area contributed by atoms with Gasteiger partial charge in [-0.15, -0.1) is 0 Å². The van der Waals surface area contributed by atoms with Crippen molar-refractivity contribution < 1.29 is 14.3 Å². The van der Waals surface area contributed by atoms with Crippen molar-refractivity contribution in [2.75, 3.05) is 6.61 Å². The van der Waals surface area contributed by atoms with E-state index in [1.807, 2.05) is 0 Å². The van der Waals surface area contributed by atoms with Crippen LogP contribution in [0.15, 0.2) is 0 Å². The van der Waals surface area contributed by atoms with Gasteiger partial charge in [-0.05, 0) is 25.2 Å². The molecule has 1 fully saturated rings. The van der Waals surface area contributed by atoms with Crippen LogP contribution in [0.2, 0.25) is 0 Å². The molecule has 1 atom stereocenters. The molecular weight excluding hydrogens is 218 g/mol. The molecule has 0 spiro atoms. The van der Waals surface area contributed by atoms with Gasteiger partial charge in [-0.2, -0.15) is 0 Å². The molecule has 0 aromatic carbocycles. The second-order valence-corrected chi connectivity index (χ2v) is 5.31. The largest absolute Gasteiger partial charge is 0.466 e. The molecule has 1 N–H and O–H groups in total. The van der Waals surface area contributed by atoms with E-state index in [-0.39, 0.29) is 36.2 Å². The molecule has 1 aliphatic carbocycles. The fourth-order valence-electron chi connectivity index (χ4n) is 2.31. The highest BCUT2D eigenvalue weighted by atomic mass is 16.5. The van der Waals surface area contributed by atoms with E-state index in [9.17, 15) is 9.59 Å². The van der Waals surface area contributed by atoms with Gasteiger partial charge < -0.3 is 10.1 Å². The van der Waals surface area contributed by atoms with Gasteiger partial charge in [0.2, 0.25) is 5.91 Å². The van der Waals surface area contributed by atoms with Crippen LogP contribution in [0.3, 0.4) is 0 Å². The third-order valence-corrected chi connectivity index (χ3v) is 3.45. The molecular formula is C13H23NO3. The highest BCUT2D eigenvalue weighted by Gasteiger charge is 2.35. The fraction of sp³-hybridized carbons (Fsp3) is 0.846. The number of hydrogen-bond donors (Lipinski definition) is 1. The lowest BCUT2D eigenvalue weighted by molar-refractivity contribution is -0.144. The van der Waals surface area contributed by atoms with Crippen LogP contribution in [0.4, 0.5) is 0 Å². The maximum Gasteiger partial charge on any atom is 0.306 e. The van der Waals surface area contributed by atoms with Crippen LogP contribution in [0.25, 0.3) is 0 Å². The molecule has 4 nitrogen and oxygen atoms in total. The summed E-state index contributed by atoms with van der Waals surface area (Å²) in [5.74, 6) is -0.341. The first-order valence-corrected chi connectivity index (χ1v) is 6.40. The zero-order valence-electron chi connectivity index (χ0n) is 11.0. The van der Waals surface area contributed by atoms with Gasteiger partial charge in [-0.25, -0.2) is 0 Å². The Kier molecular flexibility index (Phi) is 4.97. The summed E-state index contributed by atoms with van der Waals surface area (Å²) in [6, 6.07) is 0.247. The molecule has 1 unspecified atom stereocenters. The van der Waals surface area contributed by atoms with Crippen molar-refractivity contribution in [2.24, 2.45) is 5.41 Å². The number of hydrogen-bond acceptors (Lipinski definition) is 3. The predicted octanol–water partition coefficient (Wildman–Crippen LogP) is 2.02. The van der Waals surface area contributed by atoms with Gasteiger partial charge in [-0.1, -0.05) is 20.3 Å². The minimum absolute atomic E-state index is 0.0435. The Labute approximate surface area is 103 Å². The molecule has 0 heterocycles. The average molecular weight is 241 g/mol. The highest BCUT2D eigenvalue weighted by Crippen LogP contribution is 2.37. The predicted molar refractivity (Wildman–Crippen MR) is 65.4 cm³/mol. The number of ether oxygens (including phenoxy) is 1. The Morgan fingerprint density at radius 1 is 1.35 bits per heavy atom. The summed E-state index contributed by atoms with van der Waals surface area (Å²) in [7, 11) is 0. The van der Waals surface area contributed by atoms with E-state index < -0.39 is 0 Å². The Balaban J connectivity index is 2.28. The van der Waals surface area contributed by atoms with Crippen LogP contribution in [-0.2, 0) is 14.3 Å². The lowest BCUT2D eigenvalue weighted by atomic mass is 9.87. The summed E-state index contributed by atoms with van der Waals surface area (Å²) in [6.45, 7) is 6.49. The van der Waals surface area contributed by atoms with Gasteiger partial charge in [0.05, 0.1) is 13.0 Å². The first-order valence-electron chi connectivity index (χ1n) is 6.40. The number of carbonyl (C=O) groups excluding carboxylic acids is 2. The summed E-state index contributed by atoms with van der Waals surface area (Å²) in [6.07, 6.45) is 3.75. The molecule has 1 aliphatic rings. The molecule has 1 amide bonds. The normalized spacial score (nSPS) is 22.2. The third kappa shape index (κ3) is 4.36. The fourth-order valence-corrected chi connectivity index (χ4v) is 2.31. The lowest BCUT2D eigenvalue weighted by Crippen LogP contribution is -2.41. The monoisotopic (exact) mass is 241 g/mol. The number of nitrogens with one attached hydrogen (secondary N) is 1. The molecule has 0 aromatic rings. The van der Waals surface area contributed by atoms with Crippen molar-refractivity contribution >= 4 is 11.9 Å². The molecule has 0 aromatic heterocycles. The van der Waals surface area contributed by atoms with E-state index >= 15 is 0 Å². The molecule has 0 radical (unpaired) electrons. The highest BCUT2D eigenvalue weighted by molar-refractivity contribution is 5.81. The van der Waals surface area contributed by atoms with Crippen LogP contribution >= 0.6 is 0 Å². The standard InChI is InChI=1S/C13H23NO3/c1-4-17-12(16)8-7-11(15)14-10-6-5-9-13(10,2)3/h10H,4-9H2,1-3H3,(H,14,15). The Morgan fingerprint density at radius 2 is 2.06 bits per heavy atom. The zero-order chi connectivity index (χ0) is 12.9. The lowest BCUT2D eigenvalue weighted by Gasteiger charge is -2.27. The van der Waals surface area contributed by atoms with Crippen LogP contribution in [0.1, 0.15) is 52.9 Å². The maximum atomic E-state index is 11.7. The number of carbonyl (C=O) groups is 2. The quantitative estimate of drug-likeness (QED) is 0.749. The van der Waals surface area contributed by atoms with Crippen LogP contribution in [-0.4, -0.2) is 24.5 Å². The van der Waals surface area contributed by atoms with Crippen LogP contribution < -0.4 is 5.32 Å². The summed E-state index contributed by atoms with van der Waals surface area (Å²) >= 11 is 0. The zero-order valence-corrected chi connectivity index (χ0v) is 11.0. The van der Waals surface area contributed by atoms with Crippen molar-refractivity contribution in [3.8, 4) is 0 Å². The molecule has 0 saturated heterocycles. The van der Waals surface area contributed by atoms with E-state index in [1.54, 1.807) is 6.92 Å². The molecule has 0 bridgehead atoms. The molecule has 98 valence electrons.